The minimum Gasteiger partial charge on any atom is -0.324 e. The largest absolute Gasteiger partial charge is 0.324 e. The van der Waals surface area contributed by atoms with Crippen LogP contribution in [0.3, 0.4) is 0 Å². The fraction of sp³-hybridized carbons (Fsp3) is 0.368. The van der Waals surface area contributed by atoms with Crippen molar-refractivity contribution in [3.05, 3.63) is 49.6 Å². The van der Waals surface area contributed by atoms with Crippen molar-refractivity contribution in [1.82, 2.24) is 15.0 Å². The van der Waals surface area contributed by atoms with Crippen molar-refractivity contribution >= 4 is 44.7 Å². The van der Waals surface area contributed by atoms with Gasteiger partial charge in [0.2, 0.25) is 5.91 Å². The Bertz CT molecular complexity index is 1110. The van der Waals surface area contributed by atoms with E-state index < -0.39 is 0 Å². The Hall–Kier alpha value is -2.25. The summed E-state index contributed by atoms with van der Waals surface area (Å²) in [4.78, 5) is 27.1. The van der Waals surface area contributed by atoms with Gasteiger partial charge in [-0.1, -0.05) is 29.8 Å². The number of carbonyl (C=O) groups excluding carboxylic acids is 1. The van der Waals surface area contributed by atoms with E-state index >= 15 is 0 Å². The van der Waals surface area contributed by atoms with Crippen LogP contribution in [0.1, 0.15) is 29.3 Å². The molecule has 0 bridgehead atoms. The number of nitrogens with zero attached hydrogens (tertiary/aromatic N) is 3. The van der Waals surface area contributed by atoms with E-state index in [-0.39, 0.29) is 18.0 Å². The van der Waals surface area contributed by atoms with Gasteiger partial charge in [-0.2, -0.15) is 0 Å². The van der Waals surface area contributed by atoms with Gasteiger partial charge in [0.25, 0.3) is 5.56 Å². The van der Waals surface area contributed by atoms with Gasteiger partial charge in [-0.25, -0.2) is 4.68 Å². The van der Waals surface area contributed by atoms with Crippen LogP contribution < -0.4 is 10.9 Å². The Morgan fingerprint density at radius 2 is 2.26 bits per heavy atom. The lowest BCUT2D eigenvalue weighted by Gasteiger charge is -2.17. The highest BCUT2D eigenvalue weighted by molar-refractivity contribution is 7.18. The van der Waals surface area contributed by atoms with E-state index in [2.05, 4.69) is 22.6 Å². The lowest BCUT2D eigenvalue weighted by molar-refractivity contribution is -0.117. The number of hydrogen-bond donors (Lipinski definition) is 1. The summed E-state index contributed by atoms with van der Waals surface area (Å²) in [6.07, 6.45) is 2.92. The lowest BCUT2D eigenvalue weighted by atomic mass is 9.89. The van der Waals surface area contributed by atoms with Gasteiger partial charge in [0.05, 0.1) is 5.39 Å². The van der Waals surface area contributed by atoms with Gasteiger partial charge < -0.3 is 5.32 Å². The second-order valence-electron chi connectivity index (χ2n) is 7.10. The summed E-state index contributed by atoms with van der Waals surface area (Å²) in [5, 5.41) is 12.1. The zero-order chi connectivity index (χ0) is 19.1. The van der Waals surface area contributed by atoms with Gasteiger partial charge in [0.15, 0.2) is 4.83 Å². The van der Waals surface area contributed by atoms with Gasteiger partial charge >= 0.3 is 0 Å². The molecule has 8 heteroatoms. The maximum atomic E-state index is 12.9. The zero-order valence-corrected chi connectivity index (χ0v) is 16.7. The number of benzene rings is 1. The molecule has 1 N–H and O–H groups in total. The van der Waals surface area contributed by atoms with Crippen LogP contribution in [0.15, 0.2) is 23.0 Å². The van der Waals surface area contributed by atoms with E-state index in [0.717, 1.165) is 35.1 Å². The van der Waals surface area contributed by atoms with Crippen LogP contribution in [-0.2, 0) is 24.2 Å². The maximum Gasteiger partial charge on any atom is 0.279 e. The molecule has 1 aromatic carbocycles. The summed E-state index contributed by atoms with van der Waals surface area (Å²) in [7, 11) is 0. The molecule has 2 aromatic heterocycles. The first-order chi connectivity index (χ1) is 12.9. The molecule has 27 heavy (non-hydrogen) atoms. The number of anilines is 1. The number of amides is 1. The molecule has 0 radical (unpaired) electrons. The van der Waals surface area contributed by atoms with Crippen LogP contribution in [0.25, 0.3) is 10.2 Å². The number of nitrogens with one attached hydrogen (secondary N) is 1. The van der Waals surface area contributed by atoms with E-state index in [1.165, 1.54) is 4.88 Å². The summed E-state index contributed by atoms with van der Waals surface area (Å²) in [6, 6.07) is 5.28. The van der Waals surface area contributed by atoms with Crippen LogP contribution in [0.2, 0.25) is 5.02 Å². The summed E-state index contributed by atoms with van der Waals surface area (Å²) in [5.41, 5.74) is 2.36. The van der Waals surface area contributed by atoms with Crippen LogP contribution in [0, 0.1) is 12.8 Å². The summed E-state index contributed by atoms with van der Waals surface area (Å²) in [5.74, 6) is 0.274. The molecular formula is C19H19ClN4O2S. The molecule has 1 amide bonds. The first-order valence-electron chi connectivity index (χ1n) is 8.86. The second kappa shape index (κ2) is 7.05. The second-order valence-corrected chi connectivity index (χ2v) is 8.59. The predicted molar refractivity (Wildman–Crippen MR) is 108 cm³/mol. The molecule has 1 aliphatic carbocycles. The van der Waals surface area contributed by atoms with Crippen LogP contribution in [0.4, 0.5) is 5.69 Å². The van der Waals surface area contributed by atoms with Crippen LogP contribution in [-0.4, -0.2) is 20.9 Å². The van der Waals surface area contributed by atoms with Gasteiger partial charge in [-0.3, -0.25) is 9.59 Å². The molecule has 3 aromatic rings. The molecule has 6 nitrogen and oxygen atoms in total. The van der Waals surface area contributed by atoms with Crippen molar-refractivity contribution in [2.24, 2.45) is 5.92 Å². The zero-order valence-electron chi connectivity index (χ0n) is 15.1. The first kappa shape index (κ1) is 18.1. The number of carbonyl (C=O) groups is 1. The van der Waals surface area contributed by atoms with Crippen molar-refractivity contribution < 1.29 is 4.79 Å². The Labute approximate surface area is 165 Å². The number of rotatable bonds is 3. The number of fused-ring (bicyclic) bond motifs is 3. The van der Waals surface area contributed by atoms with Crippen molar-refractivity contribution in [3.8, 4) is 0 Å². The summed E-state index contributed by atoms with van der Waals surface area (Å²) >= 11 is 7.63. The Morgan fingerprint density at radius 3 is 3.04 bits per heavy atom. The summed E-state index contributed by atoms with van der Waals surface area (Å²) in [6.45, 7) is 3.92. The van der Waals surface area contributed by atoms with Gasteiger partial charge in [0, 0.05) is 15.6 Å². The number of thiophene rings is 1. The van der Waals surface area contributed by atoms with Gasteiger partial charge in [-0.05, 0) is 55.4 Å². The molecule has 0 saturated heterocycles. The molecule has 0 fully saturated rings. The number of aryl methyl sites for hydroxylation is 2. The van der Waals surface area contributed by atoms with Crippen molar-refractivity contribution in [3.63, 3.8) is 0 Å². The molecule has 0 unspecified atom stereocenters. The molecule has 4 rings (SSSR count). The smallest absolute Gasteiger partial charge is 0.279 e. The molecule has 1 aliphatic rings. The minimum atomic E-state index is -0.344. The third-order valence-corrected chi connectivity index (χ3v) is 6.48. The normalized spacial score (nSPS) is 16.3. The quantitative estimate of drug-likeness (QED) is 0.726. The number of halogens is 1. The SMILES string of the molecule is Cc1ccc(NC(=O)Cn2nnc3sc4c(c3c2=O)CC[C@H](C)C4)cc1Cl. The van der Waals surface area contributed by atoms with Gasteiger partial charge in [0.1, 0.15) is 6.54 Å². The third-order valence-electron chi connectivity index (χ3n) is 4.93. The maximum absolute atomic E-state index is 12.9. The molecule has 2 heterocycles. The molecule has 0 saturated carbocycles. The third kappa shape index (κ3) is 3.49. The van der Waals surface area contributed by atoms with Crippen molar-refractivity contribution in [2.75, 3.05) is 5.32 Å². The Kier molecular flexibility index (Phi) is 4.74. The minimum absolute atomic E-state index is 0.186. The van der Waals surface area contributed by atoms with E-state index in [4.69, 9.17) is 11.6 Å². The van der Waals surface area contributed by atoms with E-state index in [1.54, 1.807) is 23.5 Å². The highest BCUT2D eigenvalue weighted by Gasteiger charge is 2.24. The fourth-order valence-electron chi connectivity index (χ4n) is 3.40. The fourth-order valence-corrected chi connectivity index (χ4v) is 4.90. The molecule has 1 atom stereocenters. The predicted octanol–water partition coefficient (Wildman–Crippen LogP) is 3.58. The summed E-state index contributed by atoms with van der Waals surface area (Å²) < 4.78 is 1.14. The lowest BCUT2D eigenvalue weighted by Crippen LogP contribution is -2.30. The monoisotopic (exact) mass is 402 g/mol. The standard InChI is InChI=1S/C19H19ClN4O2S/c1-10-3-6-13-15(7-10)27-18-17(13)19(26)24(23-22-18)9-16(25)21-12-5-4-11(2)14(20)8-12/h4-5,8,10H,3,6-7,9H2,1-2H3,(H,21,25)/t10-/m0/s1. The topological polar surface area (TPSA) is 76.9 Å². The van der Waals surface area contributed by atoms with Crippen molar-refractivity contribution in [1.29, 1.82) is 0 Å². The highest BCUT2D eigenvalue weighted by Crippen LogP contribution is 2.35. The number of aromatic nitrogens is 3. The molecule has 140 valence electrons. The Morgan fingerprint density at radius 1 is 1.44 bits per heavy atom. The van der Waals surface area contributed by atoms with E-state index in [0.29, 0.717) is 26.8 Å². The van der Waals surface area contributed by atoms with Gasteiger partial charge in [-0.15, -0.1) is 16.4 Å². The molecular weight excluding hydrogens is 384 g/mol. The highest BCUT2D eigenvalue weighted by atomic mass is 35.5. The van der Waals surface area contributed by atoms with Crippen molar-refractivity contribution in [2.45, 2.75) is 39.7 Å². The van der Waals surface area contributed by atoms with E-state index in [9.17, 15) is 9.59 Å². The first-order valence-corrected chi connectivity index (χ1v) is 10.1. The average molecular weight is 403 g/mol. The number of hydrogen-bond acceptors (Lipinski definition) is 5. The van der Waals surface area contributed by atoms with E-state index in [1.807, 2.05) is 13.0 Å². The average Bonchev–Trinajstić information content (AvgIpc) is 2.98. The van der Waals surface area contributed by atoms with Crippen LogP contribution >= 0.6 is 22.9 Å². The molecule has 0 aliphatic heterocycles. The molecule has 0 spiro atoms. The Balaban J connectivity index is 1.60. The van der Waals surface area contributed by atoms with Crippen LogP contribution in [0.5, 0.6) is 0 Å².